The number of pyridine rings is 1. The van der Waals surface area contributed by atoms with Gasteiger partial charge in [-0.15, -0.1) is 15.0 Å². The number of fused-ring (bicyclic) bond motifs is 1. The van der Waals surface area contributed by atoms with Crippen molar-refractivity contribution in [2.24, 2.45) is 5.73 Å². The number of hydrogen-bond donors (Lipinski definition) is 1. The Morgan fingerprint density at radius 2 is 1.28 bits per heavy atom. The Labute approximate surface area is 314 Å². The number of rotatable bonds is 12. The van der Waals surface area contributed by atoms with Crippen molar-refractivity contribution >= 4 is 10.9 Å². The Morgan fingerprint density at radius 1 is 0.685 bits per heavy atom. The van der Waals surface area contributed by atoms with E-state index in [2.05, 4.69) is 73.7 Å². The van der Waals surface area contributed by atoms with Gasteiger partial charge in [-0.1, -0.05) is 146 Å². The molecular weight excluding hydrogens is 669 g/mol. The van der Waals surface area contributed by atoms with E-state index in [1.54, 1.807) is 11.7 Å². The van der Waals surface area contributed by atoms with Gasteiger partial charge < -0.3 is 9.47 Å². The molecule has 0 aliphatic carbocycles. The summed E-state index contributed by atoms with van der Waals surface area (Å²) in [5.74, 6) is 1.97. The average molecular weight is 709 g/mol. The normalized spacial score (nSPS) is 12.1. The van der Waals surface area contributed by atoms with Crippen molar-refractivity contribution in [3.63, 3.8) is 0 Å². The Balaban J connectivity index is 1.12. The third kappa shape index (κ3) is 6.71. The number of ether oxygens (including phenoxy) is 2. The molecule has 0 saturated carbocycles. The van der Waals surface area contributed by atoms with Crippen molar-refractivity contribution in [1.29, 1.82) is 0 Å². The molecule has 266 valence electrons. The van der Waals surface area contributed by atoms with Gasteiger partial charge in [0.05, 0.1) is 5.52 Å². The minimum Gasteiger partial charge on any atom is -0.488 e. The fourth-order valence-electron chi connectivity index (χ4n) is 7.03. The summed E-state index contributed by atoms with van der Waals surface area (Å²) in [5, 5.41) is 15.5. The molecule has 8 aromatic rings. The topological polar surface area (TPSA) is 101 Å². The fraction of sp³-hybridized carbons (Fsp3) is 0.130. The molecule has 8 rings (SSSR count). The van der Waals surface area contributed by atoms with Gasteiger partial charge in [-0.3, -0.25) is 10.7 Å². The number of aromatic nitrogens is 5. The number of aryl methyl sites for hydroxylation is 1. The number of benzene rings is 6. The zero-order valence-electron chi connectivity index (χ0n) is 30.2. The summed E-state index contributed by atoms with van der Waals surface area (Å²) in [6.45, 7) is 4.28. The van der Waals surface area contributed by atoms with Crippen LogP contribution in [0.25, 0.3) is 33.4 Å². The average Bonchev–Trinajstić information content (AvgIpc) is 3.72. The number of hydrogen-bond acceptors (Lipinski definition) is 7. The number of nitrogens with zero attached hydrogens (tertiary/aromatic N) is 5. The molecule has 0 radical (unpaired) electrons. The summed E-state index contributed by atoms with van der Waals surface area (Å²) in [6.07, 6.45) is 0.375. The van der Waals surface area contributed by atoms with Gasteiger partial charge in [0.25, 0.3) is 0 Å². The van der Waals surface area contributed by atoms with Crippen LogP contribution in [0.5, 0.6) is 11.5 Å². The Morgan fingerprint density at radius 3 is 1.87 bits per heavy atom. The molecule has 54 heavy (non-hydrogen) atoms. The van der Waals surface area contributed by atoms with E-state index >= 15 is 0 Å². The van der Waals surface area contributed by atoms with Crippen LogP contribution >= 0.6 is 0 Å². The molecule has 0 aliphatic heterocycles. The molecule has 0 spiro atoms. The summed E-state index contributed by atoms with van der Waals surface area (Å²) >= 11 is 0. The van der Waals surface area contributed by atoms with Gasteiger partial charge in [0.2, 0.25) is 5.82 Å². The van der Waals surface area contributed by atoms with Crippen molar-refractivity contribution in [1.82, 2.24) is 25.2 Å². The molecule has 0 bridgehead atoms. The van der Waals surface area contributed by atoms with Gasteiger partial charge in [0, 0.05) is 22.7 Å². The largest absolute Gasteiger partial charge is 0.488 e. The minimum absolute atomic E-state index is 0.388. The second-order valence-corrected chi connectivity index (χ2v) is 13.2. The van der Waals surface area contributed by atoms with E-state index in [0.717, 1.165) is 67.7 Å². The van der Waals surface area contributed by atoms with E-state index in [1.165, 1.54) is 0 Å². The van der Waals surface area contributed by atoms with Crippen molar-refractivity contribution < 1.29 is 9.47 Å². The Bertz CT molecular complexity index is 2390. The molecule has 1 unspecified atom stereocenters. The fourth-order valence-corrected chi connectivity index (χ4v) is 7.03. The molecule has 8 heteroatoms. The molecule has 2 aromatic heterocycles. The molecule has 6 aromatic carbocycles. The molecule has 1 atom stereocenters. The highest BCUT2D eigenvalue weighted by atomic mass is 16.5. The molecule has 0 aliphatic rings. The maximum Gasteiger partial charge on any atom is 0.205 e. The molecule has 2 N–H and O–H groups in total. The highest BCUT2D eigenvalue weighted by Crippen LogP contribution is 2.40. The van der Waals surface area contributed by atoms with Gasteiger partial charge >= 0.3 is 0 Å². The van der Waals surface area contributed by atoms with Crippen molar-refractivity contribution in [3.8, 4) is 34.0 Å². The van der Waals surface area contributed by atoms with Gasteiger partial charge in [-0.25, -0.2) is 0 Å². The van der Waals surface area contributed by atoms with Crippen LogP contribution in [0.2, 0.25) is 0 Å². The van der Waals surface area contributed by atoms with Crippen LogP contribution in [0.4, 0.5) is 0 Å². The standard InChI is InChI=1S/C46H40N6O2/c1-3-38-29-44(42-30-39(54-32(2)47)27-28-43(42)48-38)53-31-33-23-25-34(26-24-33)40-21-13-14-22-41(40)45-49-51-52(50-45)46(35-15-7-4-8-16-35,36-17-9-5-10-18-36)37-19-11-6-12-20-37/h4-30,32H,3,31,47H2,1-2H3. The minimum atomic E-state index is -0.860. The lowest BCUT2D eigenvalue weighted by Crippen LogP contribution is -2.39. The molecule has 0 fully saturated rings. The van der Waals surface area contributed by atoms with Crippen LogP contribution in [0.15, 0.2) is 164 Å². The van der Waals surface area contributed by atoms with Crippen LogP contribution in [0.3, 0.4) is 0 Å². The third-order valence-corrected chi connectivity index (χ3v) is 9.59. The maximum absolute atomic E-state index is 6.43. The predicted molar refractivity (Wildman–Crippen MR) is 213 cm³/mol. The summed E-state index contributed by atoms with van der Waals surface area (Å²) in [4.78, 5) is 6.55. The van der Waals surface area contributed by atoms with Crippen molar-refractivity contribution in [2.75, 3.05) is 0 Å². The Hall–Kier alpha value is -6.64. The molecule has 0 saturated heterocycles. The first-order valence-electron chi connectivity index (χ1n) is 18.2. The van der Waals surface area contributed by atoms with Crippen LogP contribution in [-0.4, -0.2) is 31.4 Å². The lowest BCUT2D eigenvalue weighted by atomic mass is 9.77. The highest BCUT2D eigenvalue weighted by Gasteiger charge is 2.41. The monoisotopic (exact) mass is 708 g/mol. The summed E-state index contributed by atoms with van der Waals surface area (Å²) in [5.41, 5.74) is 13.9. The van der Waals surface area contributed by atoms with E-state index in [4.69, 9.17) is 35.6 Å². The van der Waals surface area contributed by atoms with Crippen LogP contribution in [-0.2, 0) is 18.6 Å². The van der Waals surface area contributed by atoms with Crippen molar-refractivity contribution in [2.45, 2.75) is 38.6 Å². The second kappa shape index (κ2) is 15.1. The molecule has 2 heterocycles. The van der Waals surface area contributed by atoms with Gasteiger partial charge in [-0.2, -0.15) is 0 Å². The first kappa shape index (κ1) is 34.4. The van der Waals surface area contributed by atoms with Crippen LogP contribution in [0, 0.1) is 0 Å². The van der Waals surface area contributed by atoms with Gasteiger partial charge in [0.15, 0.2) is 5.54 Å². The second-order valence-electron chi connectivity index (χ2n) is 13.2. The van der Waals surface area contributed by atoms with Crippen molar-refractivity contribution in [3.05, 3.63) is 192 Å². The molecular formula is C46H40N6O2. The quantitative estimate of drug-likeness (QED) is 0.0998. The molecule has 0 amide bonds. The zero-order chi connectivity index (χ0) is 36.9. The number of nitrogens with two attached hydrogens (primary N) is 1. The van der Waals surface area contributed by atoms with Crippen LogP contribution < -0.4 is 15.2 Å². The van der Waals surface area contributed by atoms with E-state index in [0.29, 0.717) is 18.2 Å². The lowest BCUT2D eigenvalue weighted by molar-refractivity contribution is 0.230. The predicted octanol–water partition coefficient (Wildman–Crippen LogP) is 9.22. The third-order valence-electron chi connectivity index (χ3n) is 9.59. The van der Waals surface area contributed by atoms with E-state index < -0.39 is 11.8 Å². The smallest absolute Gasteiger partial charge is 0.205 e. The van der Waals surface area contributed by atoms with Gasteiger partial charge in [0.1, 0.15) is 24.3 Å². The summed E-state index contributed by atoms with van der Waals surface area (Å²) < 4.78 is 12.2. The summed E-state index contributed by atoms with van der Waals surface area (Å²) in [7, 11) is 0. The highest BCUT2D eigenvalue weighted by molar-refractivity contribution is 5.86. The first-order valence-corrected chi connectivity index (χ1v) is 18.2. The lowest BCUT2D eigenvalue weighted by Gasteiger charge is -2.34. The Kier molecular flexibility index (Phi) is 9.66. The zero-order valence-corrected chi connectivity index (χ0v) is 30.2. The maximum atomic E-state index is 6.43. The molecule has 8 nitrogen and oxygen atoms in total. The van der Waals surface area contributed by atoms with Crippen LogP contribution in [0.1, 0.15) is 41.8 Å². The SMILES string of the molecule is CCc1cc(OCc2ccc(-c3ccccc3-c3nnn(C(c4ccccc4)(c4ccccc4)c4ccccc4)n3)cc2)c2cc(OC(C)N)ccc2n1. The summed E-state index contributed by atoms with van der Waals surface area (Å²) in [6, 6.07) is 55.5. The number of tetrazole rings is 1. The van der Waals surface area contributed by atoms with Gasteiger partial charge in [-0.05, 0) is 70.1 Å². The van der Waals surface area contributed by atoms with E-state index in [-0.39, 0.29) is 0 Å². The van der Waals surface area contributed by atoms with E-state index in [1.807, 2.05) is 97.1 Å². The van der Waals surface area contributed by atoms with E-state index in [9.17, 15) is 0 Å². The first-order chi connectivity index (χ1) is 26.5.